The molecule has 3 aromatic rings. The normalized spacial score (nSPS) is 18.1. The Hall–Kier alpha value is -2.72. The number of ether oxygens (including phenoxy) is 2. The molecule has 0 bridgehead atoms. The zero-order chi connectivity index (χ0) is 25.8. The molecule has 0 amide bonds. The van der Waals surface area contributed by atoms with E-state index in [9.17, 15) is 5.11 Å². The number of hydrogen-bond donors (Lipinski definition) is 3. The minimum Gasteiger partial charge on any atom is -0.491 e. The van der Waals surface area contributed by atoms with Gasteiger partial charge in [-0.2, -0.15) is 0 Å². The van der Waals surface area contributed by atoms with Crippen LogP contribution in [0.2, 0.25) is 5.02 Å². The summed E-state index contributed by atoms with van der Waals surface area (Å²) in [6, 6.07) is 5.63. The summed E-state index contributed by atoms with van der Waals surface area (Å²) in [4.78, 5) is 9.81. The molecule has 1 fully saturated rings. The van der Waals surface area contributed by atoms with E-state index in [-0.39, 0.29) is 6.61 Å². The second-order valence-electron chi connectivity index (χ2n) is 9.37. The molecule has 0 unspecified atom stereocenters. The standard InChI is InChI=1S/C26H34ClN5O4/c1-14-24(23-15(2)32-36-16(23)3)30-26(31-25(14)29-18-8-17(9-18)12-34-5)21-10-20(6-7-22(21)27)35-13-19(33)11-28-4/h6-7,10,17-19,28,33H,8-9,11-13H2,1-5H3,(H,29,30,31)/t17?,18?,19-/m1/s1. The summed E-state index contributed by atoms with van der Waals surface area (Å²) >= 11 is 6.61. The molecule has 1 aromatic carbocycles. The van der Waals surface area contributed by atoms with Crippen LogP contribution in [0.3, 0.4) is 0 Å². The lowest BCUT2D eigenvalue weighted by atomic mass is 9.81. The molecule has 1 saturated carbocycles. The van der Waals surface area contributed by atoms with Gasteiger partial charge in [-0.05, 0) is 64.8 Å². The van der Waals surface area contributed by atoms with Crippen molar-refractivity contribution >= 4 is 17.4 Å². The van der Waals surface area contributed by atoms with Gasteiger partial charge in [0.1, 0.15) is 30.0 Å². The summed E-state index contributed by atoms with van der Waals surface area (Å²) in [5.74, 6) is 3.04. The molecule has 3 N–H and O–H groups in total. The van der Waals surface area contributed by atoms with E-state index in [2.05, 4.69) is 15.8 Å². The molecule has 9 nitrogen and oxygen atoms in total. The van der Waals surface area contributed by atoms with Crippen molar-refractivity contribution in [1.29, 1.82) is 0 Å². The van der Waals surface area contributed by atoms with Crippen LogP contribution >= 0.6 is 11.6 Å². The van der Waals surface area contributed by atoms with Crippen molar-refractivity contribution in [3.63, 3.8) is 0 Å². The summed E-state index contributed by atoms with van der Waals surface area (Å²) < 4.78 is 16.5. The van der Waals surface area contributed by atoms with Gasteiger partial charge in [0.2, 0.25) is 0 Å². The maximum Gasteiger partial charge on any atom is 0.163 e. The summed E-state index contributed by atoms with van der Waals surface area (Å²) in [6.45, 7) is 7.13. The van der Waals surface area contributed by atoms with E-state index in [0.29, 0.717) is 46.4 Å². The fourth-order valence-electron chi connectivity index (χ4n) is 4.51. The Morgan fingerprint density at radius 2 is 2.00 bits per heavy atom. The van der Waals surface area contributed by atoms with Crippen LogP contribution in [0.25, 0.3) is 22.6 Å². The monoisotopic (exact) mass is 515 g/mol. The Kier molecular flexibility index (Phi) is 8.46. The summed E-state index contributed by atoms with van der Waals surface area (Å²) in [7, 11) is 3.52. The summed E-state index contributed by atoms with van der Waals surface area (Å²) in [6.07, 6.45) is 1.41. The highest BCUT2D eigenvalue weighted by Gasteiger charge is 2.30. The van der Waals surface area contributed by atoms with Gasteiger partial charge in [-0.3, -0.25) is 0 Å². The first-order valence-corrected chi connectivity index (χ1v) is 12.5. The smallest absolute Gasteiger partial charge is 0.163 e. The van der Waals surface area contributed by atoms with Crippen LogP contribution in [0.1, 0.15) is 29.9 Å². The Bertz CT molecular complexity index is 1180. The Morgan fingerprint density at radius 3 is 2.67 bits per heavy atom. The molecule has 10 heteroatoms. The lowest BCUT2D eigenvalue weighted by Crippen LogP contribution is -2.38. The predicted octanol–water partition coefficient (Wildman–Crippen LogP) is 4.17. The van der Waals surface area contributed by atoms with E-state index in [1.165, 1.54) is 0 Å². The molecule has 0 radical (unpaired) electrons. The molecule has 36 heavy (non-hydrogen) atoms. The van der Waals surface area contributed by atoms with Gasteiger partial charge in [0.05, 0.1) is 22.0 Å². The number of nitrogens with one attached hydrogen (secondary N) is 2. The van der Waals surface area contributed by atoms with Gasteiger partial charge >= 0.3 is 0 Å². The molecule has 4 rings (SSSR count). The van der Waals surface area contributed by atoms with Gasteiger partial charge in [-0.1, -0.05) is 16.8 Å². The highest BCUT2D eigenvalue weighted by Crippen LogP contribution is 2.38. The third kappa shape index (κ3) is 5.81. The van der Waals surface area contributed by atoms with Gasteiger partial charge in [-0.15, -0.1) is 0 Å². The van der Waals surface area contributed by atoms with Gasteiger partial charge in [0, 0.05) is 37.4 Å². The quantitative estimate of drug-likeness (QED) is 0.346. The van der Waals surface area contributed by atoms with E-state index in [4.69, 9.17) is 35.6 Å². The second kappa shape index (κ2) is 11.6. The number of benzene rings is 1. The van der Waals surface area contributed by atoms with E-state index in [1.807, 2.05) is 20.8 Å². The first kappa shape index (κ1) is 26.3. The molecule has 1 atom stereocenters. The topological polar surface area (TPSA) is 115 Å². The second-order valence-corrected chi connectivity index (χ2v) is 9.77. The third-order valence-corrected chi connectivity index (χ3v) is 6.79. The number of aromatic nitrogens is 3. The number of likely N-dealkylation sites (N-methyl/N-ethyl adjacent to an activating group) is 1. The summed E-state index contributed by atoms with van der Waals surface area (Å²) in [5, 5.41) is 21.2. The van der Waals surface area contributed by atoms with Crippen molar-refractivity contribution in [1.82, 2.24) is 20.4 Å². The molecule has 0 saturated heterocycles. The Balaban J connectivity index is 1.71. The SMILES string of the molecule is CNC[C@@H](O)COc1ccc(Cl)c(-c2nc(NC3CC(COC)C3)c(C)c(-c3c(C)noc3C)n2)c1. The zero-order valence-electron chi connectivity index (χ0n) is 21.4. The maximum absolute atomic E-state index is 10.0. The van der Waals surface area contributed by atoms with Gasteiger partial charge in [0.25, 0.3) is 0 Å². The highest BCUT2D eigenvalue weighted by molar-refractivity contribution is 6.33. The maximum atomic E-state index is 10.0. The number of hydrogen-bond acceptors (Lipinski definition) is 9. The number of nitrogens with zero attached hydrogens (tertiary/aromatic N) is 3. The fraction of sp³-hybridized carbons (Fsp3) is 0.500. The van der Waals surface area contributed by atoms with Crippen molar-refractivity contribution in [2.45, 2.75) is 45.8 Å². The molecular formula is C26H34ClN5O4. The minimum atomic E-state index is -0.629. The Morgan fingerprint density at radius 1 is 1.22 bits per heavy atom. The van der Waals surface area contributed by atoms with Crippen LogP contribution in [-0.2, 0) is 4.74 Å². The van der Waals surface area contributed by atoms with Crippen LogP contribution in [-0.4, -0.2) is 66.3 Å². The van der Waals surface area contributed by atoms with Crippen molar-refractivity contribution in [2.24, 2.45) is 5.92 Å². The molecule has 2 heterocycles. The van der Waals surface area contributed by atoms with Crippen molar-refractivity contribution in [3.8, 4) is 28.4 Å². The third-order valence-electron chi connectivity index (χ3n) is 6.46. The van der Waals surface area contributed by atoms with E-state index < -0.39 is 6.10 Å². The first-order valence-electron chi connectivity index (χ1n) is 12.1. The Labute approximate surface area is 216 Å². The number of aliphatic hydroxyl groups excluding tert-OH is 1. The van der Waals surface area contributed by atoms with Crippen LogP contribution in [0.5, 0.6) is 5.75 Å². The average molecular weight is 516 g/mol. The van der Waals surface area contributed by atoms with Crippen LogP contribution in [0, 0.1) is 26.7 Å². The lowest BCUT2D eigenvalue weighted by molar-refractivity contribution is 0.104. The molecule has 194 valence electrons. The fourth-order valence-corrected chi connectivity index (χ4v) is 4.72. The van der Waals surface area contributed by atoms with Gasteiger partial charge in [-0.25, -0.2) is 9.97 Å². The number of methoxy groups -OCH3 is 1. The first-order chi connectivity index (χ1) is 17.3. The predicted molar refractivity (Wildman–Crippen MR) is 140 cm³/mol. The molecular weight excluding hydrogens is 482 g/mol. The van der Waals surface area contributed by atoms with Crippen LogP contribution in [0.4, 0.5) is 5.82 Å². The lowest BCUT2D eigenvalue weighted by Gasteiger charge is -2.36. The van der Waals surface area contributed by atoms with Gasteiger partial charge in [0.15, 0.2) is 5.82 Å². The number of aryl methyl sites for hydroxylation is 2. The van der Waals surface area contributed by atoms with E-state index in [1.54, 1.807) is 32.4 Å². The molecule has 1 aliphatic rings. The van der Waals surface area contributed by atoms with Crippen molar-refractivity contribution in [2.75, 3.05) is 39.2 Å². The molecule has 2 aromatic heterocycles. The average Bonchev–Trinajstić information content (AvgIpc) is 3.16. The number of halogens is 1. The van der Waals surface area contributed by atoms with E-state index in [0.717, 1.165) is 47.8 Å². The van der Waals surface area contributed by atoms with Crippen LogP contribution < -0.4 is 15.4 Å². The van der Waals surface area contributed by atoms with Crippen LogP contribution in [0.15, 0.2) is 22.7 Å². The minimum absolute atomic E-state index is 0.151. The van der Waals surface area contributed by atoms with Gasteiger partial charge < -0.3 is 29.7 Å². The number of anilines is 1. The summed E-state index contributed by atoms with van der Waals surface area (Å²) in [5.41, 5.74) is 3.92. The number of aliphatic hydroxyl groups is 1. The zero-order valence-corrected chi connectivity index (χ0v) is 22.1. The van der Waals surface area contributed by atoms with Crippen molar-refractivity contribution < 1.29 is 19.1 Å². The van der Waals surface area contributed by atoms with E-state index >= 15 is 0 Å². The van der Waals surface area contributed by atoms with Crippen molar-refractivity contribution in [3.05, 3.63) is 40.2 Å². The molecule has 0 spiro atoms. The highest BCUT2D eigenvalue weighted by atomic mass is 35.5. The number of rotatable bonds is 11. The molecule has 1 aliphatic carbocycles. The molecule has 0 aliphatic heterocycles. The largest absolute Gasteiger partial charge is 0.491 e.